The van der Waals surface area contributed by atoms with Crippen LogP contribution in [0.25, 0.3) is 166 Å². The highest BCUT2D eigenvalue weighted by atomic mass is 15.0. The van der Waals surface area contributed by atoms with Crippen molar-refractivity contribution >= 4 is 65.2 Å². The Kier molecular flexibility index (Phi) is 11.4. The number of rotatable bonds is 6. The van der Waals surface area contributed by atoms with Gasteiger partial charge in [-0.25, -0.2) is 0 Å². The summed E-state index contributed by atoms with van der Waals surface area (Å²) in [6.45, 7) is 9.71. The van der Waals surface area contributed by atoms with Crippen molar-refractivity contribution in [3.63, 3.8) is 0 Å². The van der Waals surface area contributed by atoms with Crippen molar-refractivity contribution in [1.29, 1.82) is 0 Å². The van der Waals surface area contributed by atoms with E-state index in [9.17, 15) is 0 Å². The molecule has 0 saturated carbocycles. The average molecular weight is 1280 g/mol. The molecule has 2 heterocycles. The summed E-state index contributed by atoms with van der Waals surface area (Å²) in [5, 5.41) is 10.0. The van der Waals surface area contributed by atoms with Crippen LogP contribution in [-0.4, -0.2) is 9.13 Å². The monoisotopic (exact) mass is 1280 g/mol. The number of hydrogen-bond donors (Lipinski definition) is 0. The van der Waals surface area contributed by atoms with Gasteiger partial charge in [-0.1, -0.05) is 270 Å². The van der Waals surface area contributed by atoms with E-state index in [0.29, 0.717) is 0 Å². The fourth-order valence-corrected chi connectivity index (χ4v) is 19.3. The zero-order valence-electron chi connectivity index (χ0n) is 56.6. The van der Waals surface area contributed by atoms with E-state index in [0.717, 1.165) is 0 Å². The third-order valence-corrected chi connectivity index (χ3v) is 24.1. The van der Waals surface area contributed by atoms with Gasteiger partial charge in [0.15, 0.2) is 0 Å². The second-order valence-electron chi connectivity index (χ2n) is 29.8. The zero-order valence-corrected chi connectivity index (χ0v) is 56.6. The SMILES string of the molecule is CC1(C)c2cc(-c3ccc4c(c3)C3(c5ccccc5-c5ccccc53)c3cc(-c5ccc6c(c5)C(C)(C)c5cc(-c7ccc8c(c7)c7ccccc7n8-c7cccc8ccccc78)ccc5-6)ccc3-4)ccc2-c2ccc(-c3ccc4c(c3)c3ccccc3n4-c3cccc4ccccc34)cc21. The van der Waals surface area contributed by atoms with Crippen LogP contribution in [0.5, 0.6) is 0 Å². The summed E-state index contributed by atoms with van der Waals surface area (Å²) in [5.74, 6) is 0. The van der Waals surface area contributed by atoms with Crippen LogP contribution in [0.2, 0.25) is 0 Å². The Labute approximate surface area is 587 Å². The molecule has 472 valence electrons. The number of nitrogens with zero attached hydrogens (tertiary/aromatic N) is 2. The van der Waals surface area contributed by atoms with Gasteiger partial charge in [-0.05, 0) is 229 Å². The molecule has 0 saturated heterocycles. The number of benzene rings is 16. The van der Waals surface area contributed by atoms with E-state index in [4.69, 9.17) is 0 Å². The van der Waals surface area contributed by atoms with Crippen LogP contribution >= 0.6 is 0 Å². The van der Waals surface area contributed by atoms with Crippen LogP contribution in [0.4, 0.5) is 0 Å². The predicted molar refractivity (Wildman–Crippen MR) is 423 cm³/mol. The van der Waals surface area contributed by atoms with E-state index < -0.39 is 5.41 Å². The molecule has 0 bridgehead atoms. The molecular weight excluding hydrogens is 1220 g/mol. The Morgan fingerprint density at radius 2 is 0.455 bits per heavy atom. The summed E-state index contributed by atoms with van der Waals surface area (Å²) >= 11 is 0. The Bertz CT molecular complexity index is 6300. The molecule has 0 aliphatic heterocycles. The van der Waals surface area contributed by atoms with E-state index in [1.165, 1.54) is 210 Å². The number of hydrogen-bond acceptors (Lipinski definition) is 0. The van der Waals surface area contributed by atoms with Crippen LogP contribution in [0.15, 0.2) is 328 Å². The first-order valence-electron chi connectivity index (χ1n) is 35.7. The highest BCUT2D eigenvalue weighted by Crippen LogP contribution is 2.64. The summed E-state index contributed by atoms with van der Waals surface area (Å²) in [7, 11) is 0. The van der Waals surface area contributed by atoms with Gasteiger partial charge in [0.1, 0.15) is 0 Å². The smallest absolute Gasteiger partial charge is 0.0725 e. The molecule has 4 aliphatic rings. The van der Waals surface area contributed by atoms with Gasteiger partial charge >= 0.3 is 0 Å². The number of para-hydroxylation sites is 2. The first kappa shape index (κ1) is 56.6. The van der Waals surface area contributed by atoms with Crippen molar-refractivity contribution in [3.8, 4) is 100 Å². The lowest BCUT2D eigenvalue weighted by molar-refractivity contribution is 0.660. The summed E-state index contributed by atoms with van der Waals surface area (Å²) in [6.07, 6.45) is 0. The Morgan fingerprint density at radius 1 is 0.188 bits per heavy atom. The lowest BCUT2D eigenvalue weighted by atomic mass is 9.70. The van der Waals surface area contributed by atoms with Crippen molar-refractivity contribution in [3.05, 3.63) is 372 Å². The molecule has 22 rings (SSSR count). The second-order valence-corrected chi connectivity index (χ2v) is 29.8. The van der Waals surface area contributed by atoms with E-state index in [1.54, 1.807) is 0 Å². The molecule has 2 aromatic heterocycles. The fourth-order valence-electron chi connectivity index (χ4n) is 19.3. The van der Waals surface area contributed by atoms with Gasteiger partial charge in [0, 0.05) is 43.1 Å². The van der Waals surface area contributed by atoms with Crippen molar-refractivity contribution in [1.82, 2.24) is 9.13 Å². The summed E-state index contributed by atoms with van der Waals surface area (Å²) in [5.41, 5.74) is 37.5. The Morgan fingerprint density at radius 3 is 0.842 bits per heavy atom. The minimum atomic E-state index is -0.531. The van der Waals surface area contributed by atoms with Crippen molar-refractivity contribution in [2.24, 2.45) is 0 Å². The third-order valence-electron chi connectivity index (χ3n) is 24.1. The zero-order chi connectivity index (χ0) is 66.8. The molecule has 0 fully saturated rings. The predicted octanol–water partition coefficient (Wildman–Crippen LogP) is 25.8. The highest BCUT2D eigenvalue weighted by molar-refractivity contribution is 6.14. The minimum absolute atomic E-state index is 0.239. The molecule has 0 amide bonds. The van der Waals surface area contributed by atoms with Crippen LogP contribution in [-0.2, 0) is 16.2 Å². The third kappa shape index (κ3) is 7.66. The maximum Gasteiger partial charge on any atom is 0.0725 e. The first-order chi connectivity index (χ1) is 49.6. The molecule has 0 N–H and O–H groups in total. The molecule has 0 unspecified atom stereocenters. The highest BCUT2D eigenvalue weighted by Gasteiger charge is 2.52. The Balaban J connectivity index is 0.611. The lowest BCUT2D eigenvalue weighted by Gasteiger charge is -2.31. The van der Waals surface area contributed by atoms with Crippen LogP contribution in [0.3, 0.4) is 0 Å². The first-order valence-corrected chi connectivity index (χ1v) is 35.7. The molecular formula is C99H66N2. The molecule has 1 spiro atoms. The molecule has 2 nitrogen and oxygen atoms in total. The van der Waals surface area contributed by atoms with Gasteiger partial charge in [-0.15, -0.1) is 0 Å². The van der Waals surface area contributed by atoms with Crippen LogP contribution in [0.1, 0.15) is 72.2 Å². The Hall–Kier alpha value is -12.4. The van der Waals surface area contributed by atoms with Crippen LogP contribution in [0, 0.1) is 0 Å². The normalized spacial score (nSPS) is 14.4. The topological polar surface area (TPSA) is 9.86 Å². The van der Waals surface area contributed by atoms with Crippen molar-refractivity contribution in [2.45, 2.75) is 43.9 Å². The molecule has 16 aromatic carbocycles. The van der Waals surface area contributed by atoms with Gasteiger partial charge in [0.2, 0.25) is 0 Å². The van der Waals surface area contributed by atoms with E-state index in [-0.39, 0.29) is 10.8 Å². The second kappa shape index (κ2) is 20.4. The molecule has 101 heavy (non-hydrogen) atoms. The van der Waals surface area contributed by atoms with Gasteiger partial charge in [-0.3, -0.25) is 0 Å². The number of aromatic nitrogens is 2. The summed E-state index contributed by atoms with van der Waals surface area (Å²) < 4.78 is 4.91. The van der Waals surface area contributed by atoms with E-state index in [2.05, 4.69) is 364 Å². The maximum absolute atomic E-state index is 2.56. The summed E-state index contributed by atoms with van der Waals surface area (Å²) in [6, 6.07) is 125. The fraction of sp³-hybridized carbons (Fsp3) is 0.0707. The molecule has 18 aromatic rings. The molecule has 4 aliphatic carbocycles. The van der Waals surface area contributed by atoms with Gasteiger partial charge in [0.05, 0.1) is 38.9 Å². The van der Waals surface area contributed by atoms with Crippen molar-refractivity contribution < 1.29 is 0 Å². The largest absolute Gasteiger partial charge is 0.309 e. The molecule has 2 heteroatoms. The minimum Gasteiger partial charge on any atom is -0.309 e. The van der Waals surface area contributed by atoms with Gasteiger partial charge in [-0.2, -0.15) is 0 Å². The summed E-state index contributed by atoms with van der Waals surface area (Å²) in [4.78, 5) is 0. The molecule has 0 atom stereocenters. The van der Waals surface area contributed by atoms with E-state index >= 15 is 0 Å². The van der Waals surface area contributed by atoms with E-state index in [1.807, 2.05) is 0 Å². The maximum atomic E-state index is 2.56. The quantitative estimate of drug-likeness (QED) is 0.157. The molecule has 0 radical (unpaired) electrons. The standard InChI is InChI=1S/C99H66N2/c1-97(2)85-53-63(61-41-49-95-81(51-61)79-27-11-15-31-93(79)100(95)91-33-17-21-59-19-5-7-23-69(59)91)35-43-73(85)75-45-37-65(55-87(75)97)67-39-47-77-78-48-40-68(58-90(78)99(89(77)57-67)83-29-13-9-25-71(83)72-26-10-14-30-84(72)99)66-38-46-76-74-44-36-64(54-86(74)98(3,4)88(76)56-66)62-42-50-96-82(52-62)80-28-12-16-32-94(80)101(96)92-34-18-22-60-20-6-8-24-70(60)92/h5-58H,1-4H3. The van der Waals surface area contributed by atoms with Crippen molar-refractivity contribution in [2.75, 3.05) is 0 Å². The number of fused-ring (bicyclic) bond motifs is 24. The van der Waals surface area contributed by atoms with Crippen LogP contribution < -0.4 is 0 Å². The van der Waals surface area contributed by atoms with Gasteiger partial charge in [0.25, 0.3) is 0 Å². The van der Waals surface area contributed by atoms with Gasteiger partial charge < -0.3 is 9.13 Å². The average Bonchev–Trinajstić information content (AvgIpc) is 1.51. The lowest BCUT2D eigenvalue weighted by Crippen LogP contribution is -2.26.